The Morgan fingerprint density at radius 1 is 1.45 bits per heavy atom. The van der Waals surface area contributed by atoms with Crippen molar-refractivity contribution in [1.82, 2.24) is 4.98 Å². The SMILES string of the molecule is COC(=O)c1c(C)[nH]c2c1C(=O)C[C@@H](c1ccco1)C2. The second-order valence-electron chi connectivity index (χ2n) is 5.01. The highest BCUT2D eigenvalue weighted by atomic mass is 16.5. The number of methoxy groups -OCH3 is 1. The molecule has 0 aliphatic heterocycles. The zero-order valence-corrected chi connectivity index (χ0v) is 11.4. The minimum atomic E-state index is -0.468. The zero-order valence-electron chi connectivity index (χ0n) is 11.4. The summed E-state index contributed by atoms with van der Waals surface area (Å²) in [6.45, 7) is 1.78. The molecular formula is C15H15NO4. The summed E-state index contributed by atoms with van der Waals surface area (Å²) >= 11 is 0. The van der Waals surface area contributed by atoms with Crippen LogP contribution in [0.15, 0.2) is 22.8 Å². The maximum Gasteiger partial charge on any atom is 0.340 e. The van der Waals surface area contributed by atoms with Crippen LogP contribution in [0.1, 0.15) is 50.2 Å². The molecule has 2 aromatic rings. The van der Waals surface area contributed by atoms with Gasteiger partial charge in [0.05, 0.1) is 24.5 Å². The van der Waals surface area contributed by atoms with E-state index < -0.39 is 5.97 Å². The van der Waals surface area contributed by atoms with Crippen LogP contribution in [-0.4, -0.2) is 23.8 Å². The van der Waals surface area contributed by atoms with Crippen molar-refractivity contribution in [2.45, 2.75) is 25.7 Å². The molecule has 0 saturated heterocycles. The molecule has 1 N–H and O–H groups in total. The van der Waals surface area contributed by atoms with Crippen LogP contribution in [0.3, 0.4) is 0 Å². The van der Waals surface area contributed by atoms with E-state index in [2.05, 4.69) is 4.98 Å². The van der Waals surface area contributed by atoms with E-state index in [1.807, 2.05) is 12.1 Å². The summed E-state index contributed by atoms with van der Waals surface area (Å²) in [4.78, 5) is 27.3. The summed E-state index contributed by atoms with van der Waals surface area (Å²) in [5.41, 5.74) is 2.32. The molecule has 5 heteroatoms. The highest BCUT2D eigenvalue weighted by molar-refractivity contribution is 6.09. The van der Waals surface area contributed by atoms with E-state index >= 15 is 0 Å². The van der Waals surface area contributed by atoms with E-state index in [4.69, 9.17) is 9.15 Å². The third-order valence-corrected chi connectivity index (χ3v) is 3.76. The van der Waals surface area contributed by atoms with Gasteiger partial charge in [0.1, 0.15) is 5.76 Å². The number of fused-ring (bicyclic) bond motifs is 1. The van der Waals surface area contributed by atoms with Gasteiger partial charge < -0.3 is 14.1 Å². The molecule has 0 radical (unpaired) electrons. The van der Waals surface area contributed by atoms with E-state index in [-0.39, 0.29) is 11.7 Å². The van der Waals surface area contributed by atoms with Gasteiger partial charge in [0, 0.05) is 23.7 Å². The molecule has 1 aliphatic rings. The average Bonchev–Trinajstić information content (AvgIpc) is 3.04. The highest BCUT2D eigenvalue weighted by Gasteiger charge is 2.34. The van der Waals surface area contributed by atoms with Crippen molar-refractivity contribution in [2.75, 3.05) is 7.11 Å². The van der Waals surface area contributed by atoms with Crippen molar-refractivity contribution in [3.63, 3.8) is 0 Å². The first-order chi connectivity index (χ1) is 9.61. The lowest BCUT2D eigenvalue weighted by atomic mass is 9.84. The van der Waals surface area contributed by atoms with Gasteiger partial charge >= 0.3 is 5.97 Å². The molecule has 20 heavy (non-hydrogen) atoms. The predicted octanol–water partition coefficient (Wildman–Crippen LogP) is 2.62. The van der Waals surface area contributed by atoms with Gasteiger partial charge in [-0.15, -0.1) is 0 Å². The normalized spacial score (nSPS) is 17.9. The number of carbonyl (C=O) groups excluding carboxylic acids is 2. The van der Waals surface area contributed by atoms with Crippen molar-refractivity contribution >= 4 is 11.8 Å². The number of Topliss-reactive ketones (excluding diaryl/α,β-unsaturated/α-hetero) is 1. The van der Waals surface area contributed by atoms with Crippen molar-refractivity contribution in [3.8, 4) is 0 Å². The number of aromatic amines is 1. The van der Waals surface area contributed by atoms with Gasteiger partial charge in [-0.3, -0.25) is 4.79 Å². The summed E-state index contributed by atoms with van der Waals surface area (Å²) in [5.74, 6) is 0.312. The second kappa shape index (κ2) is 4.67. The quantitative estimate of drug-likeness (QED) is 0.854. The molecule has 104 valence electrons. The fraction of sp³-hybridized carbons (Fsp3) is 0.333. The largest absolute Gasteiger partial charge is 0.469 e. The number of carbonyl (C=O) groups is 2. The van der Waals surface area contributed by atoms with Gasteiger partial charge in [-0.1, -0.05) is 0 Å². The van der Waals surface area contributed by atoms with Crippen LogP contribution in [0.25, 0.3) is 0 Å². The molecule has 5 nitrogen and oxygen atoms in total. The standard InChI is InChI=1S/C15H15NO4/c1-8-13(15(18)19-2)14-10(16-8)6-9(7-11(14)17)12-4-3-5-20-12/h3-5,9,16H,6-7H2,1-2H3/t9-/m0/s1. The number of hydrogen-bond donors (Lipinski definition) is 1. The maximum atomic E-state index is 12.4. The van der Waals surface area contributed by atoms with Gasteiger partial charge in [0.25, 0.3) is 0 Å². The van der Waals surface area contributed by atoms with Crippen molar-refractivity contribution < 1.29 is 18.7 Å². The lowest BCUT2D eigenvalue weighted by Gasteiger charge is -2.19. The summed E-state index contributed by atoms with van der Waals surface area (Å²) in [6.07, 6.45) is 2.61. The van der Waals surface area contributed by atoms with Gasteiger partial charge in [0.15, 0.2) is 5.78 Å². The van der Waals surface area contributed by atoms with Gasteiger partial charge in [-0.25, -0.2) is 4.79 Å². The minimum Gasteiger partial charge on any atom is -0.469 e. The molecule has 0 fully saturated rings. The lowest BCUT2D eigenvalue weighted by Crippen LogP contribution is -2.20. The zero-order chi connectivity index (χ0) is 14.3. The first-order valence-electron chi connectivity index (χ1n) is 6.48. The number of hydrogen-bond acceptors (Lipinski definition) is 4. The molecule has 2 aromatic heterocycles. The number of rotatable bonds is 2. The number of aromatic nitrogens is 1. The first kappa shape index (κ1) is 12.7. The molecule has 0 unspecified atom stereocenters. The van der Waals surface area contributed by atoms with Crippen LogP contribution in [0.2, 0.25) is 0 Å². The Labute approximate surface area is 115 Å². The predicted molar refractivity (Wildman–Crippen MR) is 71.0 cm³/mol. The van der Waals surface area contributed by atoms with E-state index in [1.54, 1.807) is 13.2 Å². The summed E-state index contributed by atoms with van der Waals surface area (Å²) in [7, 11) is 1.32. The number of ether oxygens (including phenoxy) is 1. The number of esters is 1. The van der Waals surface area contributed by atoms with Gasteiger partial charge in [0.2, 0.25) is 0 Å². The Morgan fingerprint density at radius 3 is 2.90 bits per heavy atom. The van der Waals surface area contributed by atoms with Crippen LogP contribution in [0, 0.1) is 6.92 Å². The Morgan fingerprint density at radius 2 is 2.25 bits per heavy atom. The lowest BCUT2D eigenvalue weighted by molar-refractivity contribution is 0.0596. The van der Waals surface area contributed by atoms with Crippen molar-refractivity contribution in [3.05, 3.63) is 46.7 Å². The highest BCUT2D eigenvalue weighted by Crippen LogP contribution is 2.35. The molecule has 1 aliphatic carbocycles. The monoisotopic (exact) mass is 273 g/mol. The minimum absolute atomic E-state index is 0.0218. The Hall–Kier alpha value is -2.30. The molecule has 0 saturated carbocycles. The van der Waals surface area contributed by atoms with Gasteiger partial charge in [-0.05, 0) is 25.5 Å². The Kier molecular flexibility index (Phi) is 2.97. The number of furan rings is 1. The van der Waals surface area contributed by atoms with E-state index in [1.165, 1.54) is 7.11 Å². The summed E-state index contributed by atoms with van der Waals surface area (Å²) in [6, 6.07) is 3.69. The van der Waals surface area contributed by atoms with E-state index in [9.17, 15) is 9.59 Å². The molecule has 0 amide bonds. The molecule has 0 aromatic carbocycles. The molecular weight excluding hydrogens is 258 g/mol. The topological polar surface area (TPSA) is 72.3 Å². The Balaban J connectivity index is 2.03. The second-order valence-corrected chi connectivity index (χ2v) is 5.01. The van der Waals surface area contributed by atoms with Crippen LogP contribution in [0.4, 0.5) is 0 Å². The van der Waals surface area contributed by atoms with Crippen LogP contribution in [0.5, 0.6) is 0 Å². The third kappa shape index (κ3) is 1.86. The first-order valence-corrected chi connectivity index (χ1v) is 6.48. The van der Waals surface area contributed by atoms with Crippen LogP contribution < -0.4 is 0 Å². The fourth-order valence-corrected chi connectivity index (χ4v) is 2.88. The summed E-state index contributed by atoms with van der Waals surface area (Å²) in [5, 5.41) is 0. The number of nitrogens with one attached hydrogen (secondary N) is 1. The molecule has 0 spiro atoms. The molecule has 3 rings (SSSR count). The van der Waals surface area contributed by atoms with E-state index in [0.717, 1.165) is 11.5 Å². The number of aryl methyl sites for hydroxylation is 1. The number of ketones is 1. The summed E-state index contributed by atoms with van der Waals surface area (Å²) < 4.78 is 10.1. The van der Waals surface area contributed by atoms with Crippen molar-refractivity contribution in [1.29, 1.82) is 0 Å². The fourth-order valence-electron chi connectivity index (χ4n) is 2.88. The number of H-pyrrole nitrogens is 1. The molecule has 1 atom stereocenters. The average molecular weight is 273 g/mol. The molecule has 2 heterocycles. The Bertz CT molecular complexity index is 666. The molecule has 0 bridgehead atoms. The smallest absolute Gasteiger partial charge is 0.340 e. The van der Waals surface area contributed by atoms with E-state index in [0.29, 0.717) is 29.7 Å². The van der Waals surface area contributed by atoms with Crippen molar-refractivity contribution in [2.24, 2.45) is 0 Å². The maximum absolute atomic E-state index is 12.4. The van der Waals surface area contributed by atoms with Crippen LogP contribution in [-0.2, 0) is 11.2 Å². The van der Waals surface area contributed by atoms with Gasteiger partial charge in [-0.2, -0.15) is 0 Å². The van der Waals surface area contributed by atoms with Crippen LogP contribution >= 0.6 is 0 Å². The third-order valence-electron chi connectivity index (χ3n) is 3.76.